The van der Waals surface area contributed by atoms with E-state index >= 15 is 0 Å². The van der Waals surface area contributed by atoms with Crippen LogP contribution in [0.3, 0.4) is 0 Å². The Hall–Kier alpha value is -1.75. The first kappa shape index (κ1) is 26.3. The molecule has 1 unspecified atom stereocenters. The predicted octanol–water partition coefficient (Wildman–Crippen LogP) is 6.34. The molecule has 0 bridgehead atoms. The molecule has 0 aromatic carbocycles. The highest BCUT2D eigenvalue weighted by molar-refractivity contribution is 5.88. The van der Waals surface area contributed by atoms with Gasteiger partial charge < -0.3 is 9.84 Å². The first-order chi connectivity index (χ1) is 16.8. The number of carbonyl (C=O) groups excluding carboxylic acids is 1. The zero-order valence-corrected chi connectivity index (χ0v) is 21.9. The van der Waals surface area contributed by atoms with Crippen LogP contribution in [0.25, 0.3) is 0 Å². The number of ketones is 1. The van der Waals surface area contributed by atoms with Crippen molar-refractivity contribution in [3.05, 3.63) is 29.1 Å². The van der Waals surface area contributed by atoms with E-state index < -0.39 is 17.3 Å². The van der Waals surface area contributed by atoms with Gasteiger partial charge >= 0.3 is 5.97 Å². The number of carboxylic acid groups (broad SMARTS) is 1. The molecule has 0 amide bonds. The summed E-state index contributed by atoms with van der Waals surface area (Å²) in [6, 6.07) is 4.49. The van der Waals surface area contributed by atoms with Crippen LogP contribution in [0, 0.1) is 23.2 Å². The normalized spacial score (nSPS) is 23.8. The minimum atomic E-state index is -0.870. The van der Waals surface area contributed by atoms with Gasteiger partial charge in [-0.15, -0.1) is 0 Å². The Balaban J connectivity index is 1.14. The average Bonchev–Trinajstić information content (AvgIpc) is 2.84. The van der Waals surface area contributed by atoms with Crippen molar-refractivity contribution >= 4 is 11.8 Å². The van der Waals surface area contributed by atoms with E-state index in [9.17, 15) is 14.7 Å². The lowest BCUT2D eigenvalue weighted by Gasteiger charge is -2.37. The second kappa shape index (κ2) is 12.0. The molecule has 0 aliphatic heterocycles. The van der Waals surface area contributed by atoms with Gasteiger partial charge in [0.2, 0.25) is 0 Å². The highest BCUT2D eigenvalue weighted by Gasteiger charge is 2.39. The summed E-state index contributed by atoms with van der Waals surface area (Å²) >= 11 is 0. The van der Waals surface area contributed by atoms with E-state index in [1.54, 1.807) is 0 Å². The molecule has 0 saturated heterocycles. The van der Waals surface area contributed by atoms with Crippen LogP contribution in [-0.4, -0.2) is 34.6 Å². The number of nitrogens with zero attached hydrogens (tertiary/aromatic N) is 1. The molecular formula is C30H45NO4. The van der Waals surface area contributed by atoms with Crippen LogP contribution in [0.15, 0.2) is 12.1 Å². The SMILES string of the molecule is CC(C)(C(=O)CC(CCOC1CC(CCc2ccc3c(n2)CCCC3)C1)C(=O)O)C1CCCCC1. The van der Waals surface area contributed by atoms with Gasteiger partial charge in [-0.1, -0.05) is 39.2 Å². The zero-order valence-electron chi connectivity index (χ0n) is 21.9. The van der Waals surface area contributed by atoms with Crippen molar-refractivity contribution in [1.29, 1.82) is 0 Å². The molecule has 0 spiro atoms. The van der Waals surface area contributed by atoms with Crippen LogP contribution in [0.5, 0.6) is 0 Å². The number of fused-ring (bicyclic) bond motifs is 1. The number of hydrogen-bond donors (Lipinski definition) is 1. The van der Waals surface area contributed by atoms with Crippen molar-refractivity contribution in [1.82, 2.24) is 4.98 Å². The van der Waals surface area contributed by atoms with Crippen molar-refractivity contribution in [3.8, 4) is 0 Å². The molecule has 194 valence electrons. The number of aryl methyl sites for hydroxylation is 3. The van der Waals surface area contributed by atoms with E-state index in [1.165, 1.54) is 55.5 Å². The number of hydrogen-bond acceptors (Lipinski definition) is 4. The number of pyridine rings is 1. The molecule has 4 rings (SSSR count). The Kier molecular flexibility index (Phi) is 9.02. The summed E-state index contributed by atoms with van der Waals surface area (Å²) in [7, 11) is 0. The fourth-order valence-electron chi connectivity index (χ4n) is 6.39. The average molecular weight is 484 g/mol. The van der Waals surface area contributed by atoms with E-state index in [4.69, 9.17) is 9.72 Å². The lowest BCUT2D eigenvalue weighted by molar-refractivity contribution is -0.147. The molecule has 1 aromatic rings. The van der Waals surface area contributed by atoms with Gasteiger partial charge in [0.15, 0.2) is 0 Å². The van der Waals surface area contributed by atoms with Crippen LogP contribution < -0.4 is 0 Å². The van der Waals surface area contributed by atoms with Gasteiger partial charge in [0.25, 0.3) is 0 Å². The maximum Gasteiger partial charge on any atom is 0.307 e. The Morgan fingerprint density at radius 2 is 1.83 bits per heavy atom. The van der Waals surface area contributed by atoms with Crippen molar-refractivity contribution < 1.29 is 19.4 Å². The number of aliphatic carboxylic acids is 1. The molecule has 5 nitrogen and oxygen atoms in total. The highest BCUT2D eigenvalue weighted by Crippen LogP contribution is 2.40. The number of carbonyl (C=O) groups is 2. The zero-order chi connectivity index (χ0) is 24.8. The first-order valence-electron chi connectivity index (χ1n) is 14.2. The number of rotatable bonds is 12. The largest absolute Gasteiger partial charge is 0.481 e. The van der Waals surface area contributed by atoms with E-state index in [-0.39, 0.29) is 18.3 Å². The van der Waals surface area contributed by atoms with E-state index in [0.29, 0.717) is 24.9 Å². The molecule has 1 aromatic heterocycles. The topological polar surface area (TPSA) is 76.5 Å². The maximum absolute atomic E-state index is 13.0. The van der Waals surface area contributed by atoms with Crippen LogP contribution in [0.1, 0.15) is 108 Å². The quantitative estimate of drug-likeness (QED) is 0.375. The summed E-state index contributed by atoms with van der Waals surface area (Å²) in [4.78, 5) is 29.8. The number of aromatic nitrogens is 1. The monoisotopic (exact) mass is 483 g/mol. The van der Waals surface area contributed by atoms with Crippen LogP contribution in [0.4, 0.5) is 0 Å². The van der Waals surface area contributed by atoms with Crippen molar-refractivity contribution in [2.75, 3.05) is 6.61 Å². The second-order valence-electron chi connectivity index (χ2n) is 12.0. The Bertz CT molecular complexity index is 867. The third kappa shape index (κ3) is 6.93. The Morgan fingerprint density at radius 1 is 1.09 bits per heavy atom. The molecule has 5 heteroatoms. The summed E-state index contributed by atoms with van der Waals surface area (Å²) in [6.45, 7) is 4.47. The second-order valence-corrected chi connectivity index (χ2v) is 12.0. The fraction of sp³-hybridized carbons (Fsp3) is 0.767. The summed E-state index contributed by atoms with van der Waals surface area (Å²) in [5.74, 6) is -0.345. The smallest absolute Gasteiger partial charge is 0.307 e. The fourth-order valence-corrected chi connectivity index (χ4v) is 6.39. The molecule has 1 N–H and O–H groups in total. The van der Waals surface area contributed by atoms with Crippen molar-refractivity contribution in [2.45, 2.75) is 116 Å². The number of ether oxygens (including phenoxy) is 1. The molecule has 35 heavy (non-hydrogen) atoms. The van der Waals surface area contributed by atoms with Crippen molar-refractivity contribution in [2.24, 2.45) is 23.2 Å². The third-order valence-electron chi connectivity index (χ3n) is 9.18. The number of carboxylic acids is 1. The van der Waals surface area contributed by atoms with Gasteiger partial charge in [-0.05, 0) is 94.1 Å². The lowest BCUT2D eigenvalue weighted by Crippen LogP contribution is -2.37. The summed E-state index contributed by atoms with van der Waals surface area (Å²) in [5, 5.41) is 9.72. The van der Waals surface area contributed by atoms with Crippen LogP contribution in [-0.2, 0) is 33.6 Å². The van der Waals surface area contributed by atoms with Crippen LogP contribution in [0.2, 0.25) is 0 Å². The minimum absolute atomic E-state index is 0.108. The third-order valence-corrected chi connectivity index (χ3v) is 9.18. The molecule has 3 aliphatic rings. The summed E-state index contributed by atoms with van der Waals surface area (Å²) in [6.07, 6.45) is 15.7. The molecule has 1 heterocycles. The van der Waals surface area contributed by atoms with Gasteiger partial charge in [0.05, 0.1) is 12.0 Å². The molecular weight excluding hydrogens is 438 g/mol. The van der Waals surface area contributed by atoms with Gasteiger partial charge in [-0.25, -0.2) is 0 Å². The van der Waals surface area contributed by atoms with E-state index in [2.05, 4.69) is 12.1 Å². The summed E-state index contributed by atoms with van der Waals surface area (Å²) in [5.41, 5.74) is 3.55. The lowest BCUT2D eigenvalue weighted by atomic mass is 9.67. The first-order valence-corrected chi connectivity index (χ1v) is 14.2. The van der Waals surface area contributed by atoms with E-state index in [0.717, 1.165) is 44.9 Å². The molecule has 3 aliphatic carbocycles. The summed E-state index contributed by atoms with van der Waals surface area (Å²) < 4.78 is 6.01. The minimum Gasteiger partial charge on any atom is -0.481 e. The Morgan fingerprint density at radius 3 is 2.57 bits per heavy atom. The van der Waals surface area contributed by atoms with E-state index in [1.807, 2.05) is 13.8 Å². The van der Waals surface area contributed by atoms with Crippen molar-refractivity contribution in [3.63, 3.8) is 0 Å². The predicted molar refractivity (Wildman–Crippen MR) is 137 cm³/mol. The van der Waals surface area contributed by atoms with Crippen LogP contribution >= 0.6 is 0 Å². The van der Waals surface area contributed by atoms with Gasteiger partial charge in [-0.3, -0.25) is 14.6 Å². The standard InChI is InChI=1S/C30H45NO4/c1-30(2,24-9-4-3-5-10-24)28(32)20-23(29(33)34)16-17-35-26-18-21(19-26)12-14-25-15-13-22-8-6-7-11-27(22)31-25/h13,15,21,23-24,26H,3-12,14,16-20H2,1-2H3,(H,33,34). The Labute approximate surface area is 211 Å². The molecule has 2 saturated carbocycles. The van der Waals surface area contributed by atoms with Gasteiger partial charge in [-0.2, -0.15) is 0 Å². The van der Waals surface area contributed by atoms with Gasteiger partial charge in [0.1, 0.15) is 5.78 Å². The van der Waals surface area contributed by atoms with Gasteiger partial charge in [0, 0.05) is 29.8 Å². The molecule has 0 radical (unpaired) electrons. The molecule has 2 fully saturated rings. The maximum atomic E-state index is 13.0. The highest BCUT2D eigenvalue weighted by atomic mass is 16.5. The molecule has 1 atom stereocenters. The number of Topliss-reactive ketones (excluding diaryl/α,β-unsaturated/α-hetero) is 1.